The minimum atomic E-state index is -0.984. The second kappa shape index (κ2) is 5.38. The van der Waals surface area contributed by atoms with E-state index in [4.69, 9.17) is 26.7 Å². The van der Waals surface area contributed by atoms with Crippen molar-refractivity contribution >= 4 is 17.6 Å². The number of halogens is 1. The Labute approximate surface area is 98.0 Å². The molecule has 1 aromatic carbocycles. The molecule has 5 heteroatoms. The van der Waals surface area contributed by atoms with Crippen LogP contribution in [0.5, 0.6) is 5.75 Å². The standard InChI is InChI=1S/C11H10ClNO3/c1-16-10-3-9(6-13)7(4-11(14)15)2-8(10)5-12/h2-3H,4-5H2,1H3,(H,14,15). The highest BCUT2D eigenvalue weighted by Gasteiger charge is 2.12. The Morgan fingerprint density at radius 2 is 2.25 bits per heavy atom. The van der Waals surface area contributed by atoms with E-state index in [0.29, 0.717) is 22.4 Å². The van der Waals surface area contributed by atoms with Crippen molar-refractivity contribution < 1.29 is 14.6 Å². The largest absolute Gasteiger partial charge is 0.496 e. The maximum Gasteiger partial charge on any atom is 0.307 e. The van der Waals surface area contributed by atoms with Crippen molar-refractivity contribution in [2.45, 2.75) is 12.3 Å². The van der Waals surface area contributed by atoms with E-state index in [1.165, 1.54) is 13.2 Å². The van der Waals surface area contributed by atoms with Crippen LogP contribution in [0.2, 0.25) is 0 Å². The summed E-state index contributed by atoms with van der Waals surface area (Å²) in [7, 11) is 1.48. The van der Waals surface area contributed by atoms with Gasteiger partial charge in [0.2, 0.25) is 0 Å². The van der Waals surface area contributed by atoms with Crippen LogP contribution in [0, 0.1) is 11.3 Å². The van der Waals surface area contributed by atoms with Crippen LogP contribution in [0.4, 0.5) is 0 Å². The van der Waals surface area contributed by atoms with Gasteiger partial charge in [-0.2, -0.15) is 5.26 Å². The van der Waals surface area contributed by atoms with Crippen molar-refractivity contribution in [1.82, 2.24) is 0 Å². The Kier molecular flexibility index (Phi) is 4.15. The van der Waals surface area contributed by atoms with Gasteiger partial charge in [0.05, 0.1) is 31.0 Å². The summed E-state index contributed by atoms with van der Waals surface area (Å²) >= 11 is 5.70. The number of hydrogen-bond acceptors (Lipinski definition) is 3. The van der Waals surface area contributed by atoms with E-state index in [-0.39, 0.29) is 12.3 Å². The number of alkyl halides is 1. The average Bonchev–Trinajstić information content (AvgIpc) is 2.27. The summed E-state index contributed by atoms with van der Waals surface area (Å²) in [6.07, 6.45) is -0.198. The number of rotatable bonds is 4. The van der Waals surface area contributed by atoms with Gasteiger partial charge in [-0.05, 0) is 17.7 Å². The number of methoxy groups -OCH3 is 1. The van der Waals surface area contributed by atoms with Gasteiger partial charge in [-0.3, -0.25) is 4.79 Å². The highest BCUT2D eigenvalue weighted by Crippen LogP contribution is 2.25. The first-order valence-electron chi connectivity index (χ1n) is 4.50. The molecule has 0 aliphatic rings. The maximum atomic E-state index is 10.6. The Balaban J connectivity index is 3.27. The Morgan fingerprint density at radius 3 is 2.69 bits per heavy atom. The third-order valence-electron chi connectivity index (χ3n) is 2.11. The van der Waals surface area contributed by atoms with Crippen molar-refractivity contribution in [2.75, 3.05) is 7.11 Å². The Morgan fingerprint density at radius 1 is 1.56 bits per heavy atom. The first-order valence-corrected chi connectivity index (χ1v) is 5.03. The predicted octanol–water partition coefficient (Wildman–Crippen LogP) is 1.93. The van der Waals surface area contributed by atoms with Gasteiger partial charge in [-0.25, -0.2) is 0 Å². The summed E-state index contributed by atoms with van der Waals surface area (Å²) in [5.41, 5.74) is 1.43. The third kappa shape index (κ3) is 2.65. The van der Waals surface area contributed by atoms with Gasteiger partial charge in [0.25, 0.3) is 0 Å². The summed E-state index contributed by atoms with van der Waals surface area (Å²) in [6.45, 7) is 0. The number of aliphatic carboxylic acids is 1. The lowest BCUT2D eigenvalue weighted by molar-refractivity contribution is -0.136. The predicted molar refractivity (Wildman–Crippen MR) is 58.6 cm³/mol. The normalized spacial score (nSPS) is 9.56. The van der Waals surface area contributed by atoms with Crippen LogP contribution in [0.15, 0.2) is 12.1 Å². The number of nitrogens with zero attached hydrogens (tertiary/aromatic N) is 1. The van der Waals surface area contributed by atoms with Crippen molar-refractivity contribution in [1.29, 1.82) is 5.26 Å². The molecule has 0 radical (unpaired) electrons. The molecule has 0 aliphatic heterocycles. The van der Waals surface area contributed by atoms with E-state index in [0.717, 1.165) is 0 Å². The quantitative estimate of drug-likeness (QED) is 0.815. The average molecular weight is 240 g/mol. The lowest BCUT2D eigenvalue weighted by Crippen LogP contribution is -2.04. The van der Waals surface area contributed by atoms with Crippen LogP contribution in [-0.4, -0.2) is 18.2 Å². The molecule has 0 saturated heterocycles. The SMILES string of the molecule is COc1cc(C#N)c(CC(=O)O)cc1CCl. The van der Waals surface area contributed by atoms with E-state index in [2.05, 4.69) is 0 Å². The Bertz CT molecular complexity index is 451. The molecule has 0 saturated carbocycles. The molecule has 0 aromatic heterocycles. The highest BCUT2D eigenvalue weighted by atomic mass is 35.5. The van der Waals surface area contributed by atoms with Crippen LogP contribution in [-0.2, 0) is 17.1 Å². The number of carboxylic acid groups (broad SMARTS) is 1. The molecule has 0 aliphatic carbocycles. The molecule has 0 spiro atoms. The zero-order chi connectivity index (χ0) is 12.1. The number of nitriles is 1. The van der Waals surface area contributed by atoms with Crippen LogP contribution < -0.4 is 4.74 Å². The molecule has 1 aromatic rings. The van der Waals surface area contributed by atoms with Crippen molar-refractivity contribution in [3.05, 3.63) is 28.8 Å². The Hall–Kier alpha value is -1.73. The smallest absolute Gasteiger partial charge is 0.307 e. The van der Waals surface area contributed by atoms with Crippen LogP contribution in [0.25, 0.3) is 0 Å². The monoisotopic (exact) mass is 239 g/mol. The molecule has 0 heterocycles. The first kappa shape index (κ1) is 12.3. The first-order chi connectivity index (χ1) is 7.62. The highest BCUT2D eigenvalue weighted by molar-refractivity contribution is 6.17. The molecule has 0 unspecified atom stereocenters. The third-order valence-corrected chi connectivity index (χ3v) is 2.40. The lowest BCUT2D eigenvalue weighted by atomic mass is 10.0. The molecule has 16 heavy (non-hydrogen) atoms. The van der Waals surface area contributed by atoms with Crippen LogP contribution in [0.1, 0.15) is 16.7 Å². The van der Waals surface area contributed by atoms with Gasteiger partial charge in [-0.15, -0.1) is 11.6 Å². The molecule has 4 nitrogen and oxygen atoms in total. The zero-order valence-corrected chi connectivity index (χ0v) is 9.41. The van der Waals surface area contributed by atoms with E-state index < -0.39 is 5.97 Å². The van der Waals surface area contributed by atoms with Crippen LogP contribution >= 0.6 is 11.6 Å². The number of ether oxygens (including phenoxy) is 1. The fourth-order valence-corrected chi connectivity index (χ4v) is 1.59. The topological polar surface area (TPSA) is 70.3 Å². The van der Waals surface area contributed by atoms with Crippen molar-refractivity contribution in [2.24, 2.45) is 0 Å². The van der Waals surface area contributed by atoms with E-state index in [1.807, 2.05) is 6.07 Å². The van der Waals surface area contributed by atoms with Gasteiger partial charge in [-0.1, -0.05) is 0 Å². The molecular formula is C11H10ClNO3. The van der Waals surface area contributed by atoms with Crippen molar-refractivity contribution in [3.63, 3.8) is 0 Å². The lowest BCUT2D eigenvalue weighted by Gasteiger charge is -2.09. The van der Waals surface area contributed by atoms with Gasteiger partial charge in [0.15, 0.2) is 0 Å². The van der Waals surface area contributed by atoms with Gasteiger partial charge >= 0.3 is 5.97 Å². The van der Waals surface area contributed by atoms with Gasteiger partial charge in [0, 0.05) is 5.56 Å². The zero-order valence-electron chi connectivity index (χ0n) is 8.66. The molecular weight excluding hydrogens is 230 g/mol. The van der Waals surface area contributed by atoms with Gasteiger partial charge < -0.3 is 9.84 Å². The van der Waals surface area contributed by atoms with Gasteiger partial charge in [0.1, 0.15) is 5.75 Å². The number of benzene rings is 1. The minimum Gasteiger partial charge on any atom is -0.496 e. The van der Waals surface area contributed by atoms with E-state index in [1.54, 1.807) is 6.07 Å². The fraction of sp³-hybridized carbons (Fsp3) is 0.273. The summed E-state index contributed by atoms with van der Waals surface area (Å²) < 4.78 is 5.06. The number of carboxylic acids is 1. The number of hydrogen-bond donors (Lipinski definition) is 1. The molecule has 1 N–H and O–H groups in total. The van der Waals surface area contributed by atoms with E-state index in [9.17, 15) is 4.79 Å². The van der Waals surface area contributed by atoms with E-state index >= 15 is 0 Å². The molecule has 0 amide bonds. The summed E-state index contributed by atoms with van der Waals surface area (Å²) in [5, 5.41) is 17.6. The molecule has 0 atom stereocenters. The second-order valence-corrected chi connectivity index (χ2v) is 3.40. The summed E-state index contributed by atoms with van der Waals surface area (Å²) in [6, 6.07) is 5.05. The minimum absolute atomic E-state index is 0.198. The molecule has 1 rings (SSSR count). The second-order valence-electron chi connectivity index (χ2n) is 3.14. The summed E-state index contributed by atoms with van der Waals surface area (Å²) in [4.78, 5) is 10.6. The molecule has 0 fully saturated rings. The number of carbonyl (C=O) groups is 1. The van der Waals surface area contributed by atoms with Crippen LogP contribution in [0.3, 0.4) is 0 Å². The fourth-order valence-electron chi connectivity index (χ4n) is 1.38. The maximum absolute atomic E-state index is 10.6. The summed E-state index contributed by atoms with van der Waals surface area (Å²) in [5.74, 6) is -0.274. The molecule has 0 bridgehead atoms. The van der Waals surface area contributed by atoms with Crippen molar-refractivity contribution in [3.8, 4) is 11.8 Å². The molecule has 84 valence electrons.